The summed E-state index contributed by atoms with van der Waals surface area (Å²) in [5.74, 6) is 0.485. The Kier molecular flexibility index (Phi) is 3.85. The van der Waals surface area contributed by atoms with Crippen molar-refractivity contribution in [3.63, 3.8) is 0 Å². The molecule has 0 bridgehead atoms. The van der Waals surface area contributed by atoms with Crippen LogP contribution in [0.2, 0.25) is 0 Å². The second-order valence-electron chi connectivity index (χ2n) is 4.27. The molecule has 0 radical (unpaired) electrons. The summed E-state index contributed by atoms with van der Waals surface area (Å²) in [6.07, 6.45) is 0. The molecule has 0 saturated carbocycles. The molecule has 3 heteroatoms. The molecule has 0 aromatic heterocycles. The fourth-order valence-corrected chi connectivity index (χ4v) is 1.95. The van der Waals surface area contributed by atoms with Gasteiger partial charge in [0, 0.05) is 5.56 Å². The summed E-state index contributed by atoms with van der Waals surface area (Å²) >= 11 is 0. The maximum atomic E-state index is 11.4. The van der Waals surface area contributed by atoms with E-state index in [-0.39, 0.29) is 5.97 Å². The van der Waals surface area contributed by atoms with Crippen molar-refractivity contribution in [2.24, 2.45) is 0 Å². The number of hydrogen-bond acceptors (Lipinski definition) is 3. The van der Waals surface area contributed by atoms with Crippen LogP contribution in [0.25, 0.3) is 11.1 Å². The molecule has 2 aromatic rings. The van der Waals surface area contributed by atoms with E-state index in [1.54, 1.807) is 19.2 Å². The van der Waals surface area contributed by atoms with Gasteiger partial charge in [-0.15, -0.1) is 0 Å². The molecule has 98 valence electrons. The Morgan fingerprint density at radius 1 is 1.00 bits per heavy atom. The van der Waals surface area contributed by atoms with Gasteiger partial charge in [0.25, 0.3) is 0 Å². The molecule has 19 heavy (non-hydrogen) atoms. The summed E-state index contributed by atoms with van der Waals surface area (Å²) in [7, 11) is 3.02. The molecule has 0 aliphatic rings. The molecular formula is C16H16O3. The number of methoxy groups -OCH3 is 2. The van der Waals surface area contributed by atoms with Crippen molar-refractivity contribution >= 4 is 5.97 Å². The highest BCUT2D eigenvalue weighted by molar-refractivity contribution is 5.90. The van der Waals surface area contributed by atoms with E-state index in [2.05, 4.69) is 10.8 Å². The number of ether oxygens (including phenoxy) is 2. The van der Waals surface area contributed by atoms with Crippen LogP contribution in [0.15, 0.2) is 42.5 Å². The van der Waals surface area contributed by atoms with Gasteiger partial charge in [0.15, 0.2) is 0 Å². The van der Waals surface area contributed by atoms with Crippen LogP contribution in [-0.2, 0) is 4.74 Å². The Morgan fingerprint density at radius 2 is 1.68 bits per heavy atom. The number of hydrogen-bond donors (Lipinski definition) is 0. The molecule has 0 spiro atoms. The first kappa shape index (κ1) is 13.1. The summed E-state index contributed by atoms with van der Waals surface area (Å²) in [6, 6.07) is 13.3. The number of rotatable bonds is 3. The lowest BCUT2D eigenvalue weighted by atomic mass is 10.0. The first-order valence-corrected chi connectivity index (χ1v) is 5.99. The molecule has 2 rings (SSSR count). The molecular weight excluding hydrogens is 240 g/mol. The topological polar surface area (TPSA) is 35.5 Å². The fourth-order valence-electron chi connectivity index (χ4n) is 1.95. The van der Waals surface area contributed by atoms with Gasteiger partial charge in [0.05, 0.1) is 19.8 Å². The van der Waals surface area contributed by atoms with E-state index in [0.29, 0.717) is 5.56 Å². The van der Waals surface area contributed by atoms with Crippen molar-refractivity contribution in [1.29, 1.82) is 0 Å². The minimum Gasteiger partial charge on any atom is -0.496 e. The highest BCUT2D eigenvalue weighted by atomic mass is 16.5. The smallest absolute Gasteiger partial charge is 0.337 e. The maximum absolute atomic E-state index is 11.4. The van der Waals surface area contributed by atoms with Gasteiger partial charge in [-0.3, -0.25) is 0 Å². The van der Waals surface area contributed by atoms with Crippen molar-refractivity contribution in [2.45, 2.75) is 6.92 Å². The number of aryl methyl sites for hydroxylation is 1. The lowest BCUT2D eigenvalue weighted by Crippen LogP contribution is -2.00. The van der Waals surface area contributed by atoms with Gasteiger partial charge in [-0.1, -0.05) is 23.8 Å². The Bertz CT molecular complexity index is 585. The summed E-state index contributed by atoms with van der Waals surface area (Å²) in [5, 5.41) is 0. The maximum Gasteiger partial charge on any atom is 0.337 e. The predicted octanol–water partition coefficient (Wildman–Crippen LogP) is 3.46. The highest BCUT2D eigenvalue weighted by Crippen LogP contribution is 2.30. The van der Waals surface area contributed by atoms with Crippen LogP contribution in [-0.4, -0.2) is 20.2 Å². The summed E-state index contributed by atoms with van der Waals surface area (Å²) in [4.78, 5) is 11.4. The zero-order valence-corrected chi connectivity index (χ0v) is 11.3. The second-order valence-corrected chi connectivity index (χ2v) is 4.27. The van der Waals surface area contributed by atoms with Crippen LogP contribution in [0.4, 0.5) is 0 Å². The second kappa shape index (κ2) is 5.57. The monoisotopic (exact) mass is 256 g/mol. The third-order valence-electron chi connectivity index (χ3n) is 2.97. The molecule has 3 nitrogen and oxygen atoms in total. The average Bonchev–Trinajstić information content (AvgIpc) is 2.46. The predicted molar refractivity (Wildman–Crippen MR) is 74.5 cm³/mol. The van der Waals surface area contributed by atoms with Gasteiger partial charge in [0.1, 0.15) is 5.75 Å². The van der Waals surface area contributed by atoms with E-state index in [4.69, 9.17) is 4.74 Å². The third kappa shape index (κ3) is 2.76. The van der Waals surface area contributed by atoms with Crippen LogP contribution >= 0.6 is 0 Å². The van der Waals surface area contributed by atoms with Crippen LogP contribution in [0, 0.1) is 6.92 Å². The van der Waals surface area contributed by atoms with Gasteiger partial charge in [-0.05, 0) is 36.8 Å². The highest BCUT2D eigenvalue weighted by Gasteiger charge is 2.08. The molecule has 0 saturated heterocycles. The Labute approximate surface area is 112 Å². The quantitative estimate of drug-likeness (QED) is 0.789. The summed E-state index contributed by atoms with van der Waals surface area (Å²) in [6.45, 7) is 2.03. The average molecular weight is 256 g/mol. The molecule has 0 fully saturated rings. The largest absolute Gasteiger partial charge is 0.496 e. The first-order valence-electron chi connectivity index (χ1n) is 5.99. The lowest BCUT2D eigenvalue weighted by molar-refractivity contribution is 0.0601. The van der Waals surface area contributed by atoms with E-state index in [0.717, 1.165) is 22.4 Å². The summed E-state index contributed by atoms with van der Waals surface area (Å²) in [5.41, 5.74) is 3.72. The molecule has 0 amide bonds. The van der Waals surface area contributed by atoms with Crippen molar-refractivity contribution in [3.8, 4) is 16.9 Å². The van der Waals surface area contributed by atoms with Gasteiger partial charge in [-0.25, -0.2) is 4.79 Å². The zero-order chi connectivity index (χ0) is 13.8. The lowest BCUT2D eigenvalue weighted by Gasteiger charge is -2.10. The third-order valence-corrected chi connectivity index (χ3v) is 2.97. The van der Waals surface area contributed by atoms with E-state index in [9.17, 15) is 4.79 Å². The van der Waals surface area contributed by atoms with E-state index < -0.39 is 0 Å². The van der Waals surface area contributed by atoms with Gasteiger partial charge in [-0.2, -0.15) is 0 Å². The number of carbonyl (C=O) groups is 1. The Balaban J connectivity index is 2.42. The van der Waals surface area contributed by atoms with Crippen molar-refractivity contribution in [2.75, 3.05) is 14.2 Å². The number of carbonyl (C=O) groups excluding carboxylic acids is 1. The molecule has 0 unspecified atom stereocenters. The van der Waals surface area contributed by atoms with Crippen LogP contribution in [0.1, 0.15) is 15.9 Å². The van der Waals surface area contributed by atoms with E-state index in [1.165, 1.54) is 7.11 Å². The Morgan fingerprint density at radius 3 is 2.26 bits per heavy atom. The molecule has 0 atom stereocenters. The van der Waals surface area contributed by atoms with Crippen molar-refractivity contribution in [3.05, 3.63) is 53.6 Å². The van der Waals surface area contributed by atoms with E-state index >= 15 is 0 Å². The van der Waals surface area contributed by atoms with Crippen LogP contribution < -0.4 is 4.74 Å². The van der Waals surface area contributed by atoms with Gasteiger partial charge in [0.2, 0.25) is 0 Å². The zero-order valence-electron chi connectivity index (χ0n) is 11.3. The fraction of sp³-hybridized carbons (Fsp3) is 0.188. The van der Waals surface area contributed by atoms with Gasteiger partial charge < -0.3 is 9.47 Å². The van der Waals surface area contributed by atoms with Gasteiger partial charge >= 0.3 is 5.97 Å². The number of benzene rings is 2. The van der Waals surface area contributed by atoms with E-state index in [1.807, 2.05) is 31.2 Å². The SMILES string of the molecule is COC(=O)c1ccc(-c2cc(C)ccc2OC)cc1. The molecule has 0 aliphatic carbocycles. The summed E-state index contributed by atoms with van der Waals surface area (Å²) < 4.78 is 10.0. The van der Waals surface area contributed by atoms with Crippen molar-refractivity contribution in [1.82, 2.24) is 0 Å². The molecule has 2 aromatic carbocycles. The number of esters is 1. The minimum absolute atomic E-state index is 0.331. The minimum atomic E-state index is -0.331. The molecule has 0 aliphatic heterocycles. The molecule has 0 N–H and O–H groups in total. The van der Waals surface area contributed by atoms with Crippen LogP contribution in [0.5, 0.6) is 5.75 Å². The van der Waals surface area contributed by atoms with Crippen LogP contribution in [0.3, 0.4) is 0 Å². The normalized spacial score (nSPS) is 10.1. The van der Waals surface area contributed by atoms with Crippen molar-refractivity contribution < 1.29 is 14.3 Å². The standard InChI is InChI=1S/C16H16O3/c1-11-4-9-15(18-2)14(10-11)12-5-7-13(8-6-12)16(17)19-3/h4-10H,1-3H3. The Hall–Kier alpha value is -2.29. The molecule has 0 heterocycles. The first-order chi connectivity index (χ1) is 9.15.